The smallest absolute Gasteiger partial charge is 0.307 e. The molecule has 148 valence electrons. The minimum Gasteiger partial charge on any atom is -0.454 e. The van der Waals surface area contributed by atoms with Crippen LogP contribution < -0.4 is 5.32 Å². The van der Waals surface area contributed by atoms with Crippen LogP contribution in [0.5, 0.6) is 0 Å². The third-order valence-corrected chi connectivity index (χ3v) is 5.79. The molecule has 1 aliphatic rings. The third kappa shape index (κ3) is 4.57. The quantitative estimate of drug-likeness (QED) is 0.605. The highest BCUT2D eigenvalue weighted by Gasteiger charge is 2.38. The lowest BCUT2D eigenvalue weighted by Gasteiger charge is -2.38. The summed E-state index contributed by atoms with van der Waals surface area (Å²) in [5.41, 5.74) is 2.82. The number of carbonyl (C=O) groups excluding carboxylic acids is 1. The van der Waals surface area contributed by atoms with Gasteiger partial charge in [0.1, 0.15) is 5.60 Å². The molecule has 0 atom stereocenters. The van der Waals surface area contributed by atoms with Crippen LogP contribution in [0.4, 0.5) is 0 Å². The number of esters is 1. The molecular weight excluding hydrogens is 358 g/mol. The van der Waals surface area contributed by atoms with Gasteiger partial charge in [-0.05, 0) is 29.8 Å². The number of piperidine rings is 1. The van der Waals surface area contributed by atoms with Crippen LogP contribution >= 0.6 is 0 Å². The van der Waals surface area contributed by atoms with Crippen LogP contribution in [-0.4, -0.2) is 19.1 Å². The fourth-order valence-corrected chi connectivity index (χ4v) is 4.25. The van der Waals surface area contributed by atoms with Crippen molar-refractivity contribution in [2.75, 3.05) is 13.1 Å². The highest BCUT2D eigenvalue weighted by atomic mass is 16.6. The van der Waals surface area contributed by atoms with Crippen molar-refractivity contribution in [1.82, 2.24) is 5.32 Å². The first-order valence-electron chi connectivity index (χ1n) is 10.3. The van der Waals surface area contributed by atoms with E-state index in [-0.39, 0.29) is 11.9 Å². The molecule has 1 saturated heterocycles. The highest BCUT2D eigenvalue weighted by Crippen LogP contribution is 2.37. The van der Waals surface area contributed by atoms with E-state index in [0.29, 0.717) is 6.42 Å². The first-order valence-corrected chi connectivity index (χ1v) is 10.3. The van der Waals surface area contributed by atoms with Crippen molar-refractivity contribution < 1.29 is 9.53 Å². The van der Waals surface area contributed by atoms with E-state index in [1.807, 2.05) is 54.6 Å². The second-order valence-electron chi connectivity index (χ2n) is 7.66. The summed E-state index contributed by atoms with van der Waals surface area (Å²) in [6.45, 7) is 1.70. The molecule has 0 saturated carbocycles. The van der Waals surface area contributed by atoms with Crippen LogP contribution in [0.15, 0.2) is 91.0 Å². The van der Waals surface area contributed by atoms with E-state index in [1.54, 1.807) is 0 Å². The zero-order valence-electron chi connectivity index (χ0n) is 16.6. The van der Waals surface area contributed by atoms with Crippen LogP contribution in [0, 0.1) is 0 Å². The molecular formula is C26H27NO2. The van der Waals surface area contributed by atoms with Gasteiger partial charge in [0, 0.05) is 18.8 Å². The Kier molecular flexibility index (Phi) is 6.06. The molecule has 1 heterocycles. The summed E-state index contributed by atoms with van der Waals surface area (Å²) >= 11 is 0. The molecule has 0 amide bonds. The van der Waals surface area contributed by atoms with E-state index in [2.05, 4.69) is 41.7 Å². The van der Waals surface area contributed by atoms with E-state index >= 15 is 0 Å². The Hall–Kier alpha value is -2.91. The summed E-state index contributed by atoms with van der Waals surface area (Å²) in [5.74, 6) is -0.159. The van der Waals surface area contributed by atoms with Gasteiger partial charge in [0.15, 0.2) is 0 Å². The number of nitrogens with one attached hydrogen (secondary N) is 1. The van der Waals surface area contributed by atoms with E-state index in [4.69, 9.17) is 4.74 Å². The number of benzene rings is 3. The van der Waals surface area contributed by atoms with Gasteiger partial charge >= 0.3 is 5.97 Å². The lowest BCUT2D eigenvalue weighted by molar-refractivity contribution is -0.164. The van der Waals surface area contributed by atoms with Crippen LogP contribution in [0.1, 0.15) is 41.9 Å². The second kappa shape index (κ2) is 9.06. The average molecular weight is 386 g/mol. The number of carbonyl (C=O) groups is 1. The second-order valence-corrected chi connectivity index (χ2v) is 7.66. The average Bonchev–Trinajstić information content (AvgIpc) is 2.80. The number of hydrogen-bond donors (Lipinski definition) is 1. The summed E-state index contributed by atoms with van der Waals surface area (Å²) in [4.78, 5) is 13.2. The minimum absolute atomic E-state index is 0.0144. The molecule has 1 fully saturated rings. The molecule has 1 aliphatic heterocycles. The molecule has 0 aromatic heterocycles. The van der Waals surface area contributed by atoms with Crippen molar-refractivity contribution in [2.24, 2.45) is 0 Å². The standard InChI is InChI=1S/C26H27NO2/c28-25(29-26(16-18-27-19-17-26)23-14-8-3-9-15-23)20-24(21-10-4-1-5-11-21)22-12-6-2-7-13-22/h1-15,24,27H,16-20H2. The number of hydrogen-bond acceptors (Lipinski definition) is 3. The predicted octanol–water partition coefficient (Wildman–Crippen LogP) is 5.03. The van der Waals surface area contributed by atoms with Crippen LogP contribution in [0.25, 0.3) is 0 Å². The van der Waals surface area contributed by atoms with Crippen LogP contribution in [-0.2, 0) is 15.1 Å². The van der Waals surface area contributed by atoms with Gasteiger partial charge in [0.25, 0.3) is 0 Å². The van der Waals surface area contributed by atoms with Crippen molar-refractivity contribution in [1.29, 1.82) is 0 Å². The Bertz CT molecular complexity index is 864. The summed E-state index contributed by atoms with van der Waals surface area (Å²) in [6, 6.07) is 30.6. The Balaban J connectivity index is 1.59. The summed E-state index contributed by atoms with van der Waals surface area (Å²) < 4.78 is 6.26. The van der Waals surface area contributed by atoms with Gasteiger partial charge in [0.2, 0.25) is 0 Å². The van der Waals surface area contributed by atoms with Crippen molar-refractivity contribution in [2.45, 2.75) is 30.8 Å². The maximum absolute atomic E-state index is 13.2. The molecule has 0 spiro atoms. The van der Waals surface area contributed by atoms with Crippen molar-refractivity contribution in [3.63, 3.8) is 0 Å². The summed E-state index contributed by atoms with van der Waals surface area (Å²) in [5, 5.41) is 3.38. The molecule has 4 rings (SSSR count). The first-order chi connectivity index (χ1) is 14.3. The predicted molar refractivity (Wildman–Crippen MR) is 116 cm³/mol. The maximum atomic E-state index is 13.2. The lowest BCUT2D eigenvalue weighted by atomic mass is 9.84. The van der Waals surface area contributed by atoms with E-state index in [1.165, 1.54) is 0 Å². The molecule has 0 radical (unpaired) electrons. The van der Waals surface area contributed by atoms with E-state index in [0.717, 1.165) is 42.6 Å². The molecule has 29 heavy (non-hydrogen) atoms. The third-order valence-electron chi connectivity index (χ3n) is 5.79. The summed E-state index contributed by atoms with van der Waals surface area (Å²) in [7, 11) is 0. The van der Waals surface area contributed by atoms with Gasteiger partial charge in [-0.15, -0.1) is 0 Å². The number of rotatable bonds is 6. The van der Waals surface area contributed by atoms with Crippen LogP contribution in [0.2, 0.25) is 0 Å². The topological polar surface area (TPSA) is 38.3 Å². The molecule has 0 bridgehead atoms. The molecule has 0 unspecified atom stereocenters. The number of ether oxygens (including phenoxy) is 1. The largest absolute Gasteiger partial charge is 0.454 e. The Morgan fingerprint density at radius 3 is 1.79 bits per heavy atom. The van der Waals surface area contributed by atoms with Gasteiger partial charge in [-0.3, -0.25) is 4.79 Å². The molecule has 3 heteroatoms. The van der Waals surface area contributed by atoms with Gasteiger partial charge in [0.05, 0.1) is 6.42 Å². The van der Waals surface area contributed by atoms with Crippen molar-refractivity contribution in [3.05, 3.63) is 108 Å². The van der Waals surface area contributed by atoms with Crippen LogP contribution in [0.3, 0.4) is 0 Å². The van der Waals surface area contributed by atoms with E-state index in [9.17, 15) is 4.79 Å². The molecule has 1 N–H and O–H groups in total. The van der Waals surface area contributed by atoms with Crippen molar-refractivity contribution >= 4 is 5.97 Å². The maximum Gasteiger partial charge on any atom is 0.307 e. The Labute approximate surface area is 172 Å². The molecule has 3 nitrogen and oxygen atoms in total. The fourth-order valence-electron chi connectivity index (χ4n) is 4.25. The summed E-state index contributed by atoms with van der Waals surface area (Å²) in [6.07, 6.45) is 1.92. The zero-order valence-corrected chi connectivity index (χ0v) is 16.6. The van der Waals surface area contributed by atoms with E-state index < -0.39 is 5.60 Å². The van der Waals surface area contributed by atoms with Gasteiger partial charge in [-0.2, -0.15) is 0 Å². The molecule has 0 aliphatic carbocycles. The monoisotopic (exact) mass is 385 g/mol. The Morgan fingerprint density at radius 1 is 0.793 bits per heavy atom. The Morgan fingerprint density at radius 2 is 1.28 bits per heavy atom. The molecule has 3 aromatic carbocycles. The minimum atomic E-state index is -0.540. The molecule has 3 aromatic rings. The van der Waals surface area contributed by atoms with Gasteiger partial charge in [-0.1, -0.05) is 91.0 Å². The van der Waals surface area contributed by atoms with Gasteiger partial charge < -0.3 is 10.1 Å². The zero-order chi connectivity index (χ0) is 19.9. The van der Waals surface area contributed by atoms with Gasteiger partial charge in [-0.25, -0.2) is 0 Å². The highest BCUT2D eigenvalue weighted by molar-refractivity contribution is 5.72. The van der Waals surface area contributed by atoms with Crippen molar-refractivity contribution in [3.8, 4) is 0 Å². The lowest BCUT2D eigenvalue weighted by Crippen LogP contribution is -2.43. The first kappa shape index (κ1) is 19.4. The normalized spacial score (nSPS) is 15.8. The SMILES string of the molecule is O=C(CC(c1ccccc1)c1ccccc1)OC1(c2ccccc2)CCNCC1. The fraction of sp³-hybridized carbons (Fsp3) is 0.269.